The standard InChI is InChI=1S/C15H12N2O2S2/c1-9(15(18)19)21-14-12-11(10-5-3-2-4-6-10)7-20-13(12)16-8-17-14/h2-9H,1H3,(H,18,19)/t9-/m1/s1. The lowest BCUT2D eigenvalue weighted by Gasteiger charge is -2.07. The number of nitrogens with zero attached hydrogens (tertiary/aromatic N) is 2. The average molecular weight is 316 g/mol. The fourth-order valence-electron chi connectivity index (χ4n) is 1.99. The van der Waals surface area contributed by atoms with Crippen LogP contribution in [0.15, 0.2) is 47.1 Å². The number of thioether (sulfide) groups is 1. The van der Waals surface area contributed by atoms with Gasteiger partial charge in [-0.3, -0.25) is 4.79 Å². The van der Waals surface area contributed by atoms with E-state index < -0.39 is 11.2 Å². The number of rotatable bonds is 4. The van der Waals surface area contributed by atoms with Crippen molar-refractivity contribution >= 4 is 39.3 Å². The van der Waals surface area contributed by atoms with Crippen molar-refractivity contribution in [1.82, 2.24) is 9.97 Å². The van der Waals surface area contributed by atoms with Gasteiger partial charge < -0.3 is 5.11 Å². The summed E-state index contributed by atoms with van der Waals surface area (Å²) in [6.45, 7) is 1.66. The monoisotopic (exact) mass is 316 g/mol. The van der Waals surface area contributed by atoms with Crippen LogP contribution >= 0.6 is 23.1 Å². The SMILES string of the molecule is C[C@@H](Sc1ncnc2scc(-c3ccccc3)c12)C(=O)O. The molecule has 3 aromatic rings. The summed E-state index contributed by atoms with van der Waals surface area (Å²) < 4.78 is 0. The lowest BCUT2D eigenvalue weighted by Crippen LogP contribution is -2.11. The van der Waals surface area contributed by atoms with Gasteiger partial charge in [0.2, 0.25) is 0 Å². The van der Waals surface area contributed by atoms with Gasteiger partial charge in [0.1, 0.15) is 21.4 Å². The fourth-order valence-corrected chi connectivity index (χ4v) is 3.83. The predicted octanol–water partition coefficient (Wildman–Crippen LogP) is 3.92. The van der Waals surface area contributed by atoms with Crippen LogP contribution in [-0.4, -0.2) is 26.3 Å². The molecule has 2 heterocycles. The van der Waals surface area contributed by atoms with E-state index in [2.05, 4.69) is 9.97 Å². The summed E-state index contributed by atoms with van der Waals surface area (Å²) in [6.07, 6.45) is 1.49. The molecule has 2 aromatic heterocycles. The first kappa shape index (κ1) is 14.0. The van der Waals surface area contributed by atoms with Crippen molar-refractivity contribution in [3.8, 4) is 11.1 Å². The predicted molar refractivity (Wildman–Crippen MR) is 85.8 cm³/mol. The van der Waals surface area contributed by atoms with Crippen LogP contribution in [0.1, 0.15) is 6.92 Å². The number of thiophene rings is 1. The number of aliphatic carboxylic acids is 1. The summed E-state index contributed by atoms with van der Waals surface area (Å²) in [6, 6.07) is 9.99. The van der Waals surface area contributed by atoms with Crippen LogP contribution in [0, 0.1) is 0 Å². The van der Waals surface area contributed by atoms with Crippen LogP contribution in [0.25, 0.3) is 21.3 Å². The molecule has 0 unspecified atom stereocenters. The van der Waals surface area contributed by atoms with Crippen molar-refractivity contribution in [2.24, 2.45) is 0 Å². The third-order valence-corrected chi connectivity index (χ3v) is 5.03. The number of carboxylic acids is 1. The topological polar surface area (TPSA) is 63.1 Å². The minimum atomic E-state index is -0.844. The molecule has 0 saturated heterocycles. The Hall–Kier alpha value is -1.92. The van der Waals surface area contributed by atoms with E-state index in [4.69, 9.17) is 5.11 Å². The fraction of sp³-hybridized carbons (Fsp3) is 0.133. The lowest BCUT2D eigenvalue weighted by molar-refractivity contribution is -0.136. The van der Waals surface area contributed by atoms with Crippen molar-refractivity contribution < 1.29 is 9.90 Å². The maximum atomic E-state index is 11.1. The van der Waals surface area contributed by atoms with Gasteiger partial charge in [0.15, 0.2) is 0 Å². The third kappa shape index (κ3) is 2.77. The molecular formula is C15H12N2O2S2. The third-order valence-electron chi connectivity index (χ3n) is 3.06. The average Bonchev–Trinajstić information content (AvgIpc) is 2.93. The van der Waals surface area contributed by atoms with Crippen LogP contribution in [0.4, 0.5) is 0 Å². The molecule has 0 amide bonds. The van der Waals surface area contributed by atoms with Crippen molar-refractivity contribution in [2.75, 3.05) is 0 Å². The molecule has 1 atom stereocenters. The maximum Gasteiger partial charge on any atom is 0.316 e. The molecule has 0 bridgehead atoms. The van der Waals surface area contributed by atoms with Crippen LogP contribution in [0.5, 0.6) is 0 Å². The molecule has 4 nitrogen and oxygen atoms in total. The smallest absolute Gasteiger partial charge is 0.316 e. The number of hydrogen-bond donors (Lipinski definition) is 1. The van der Waals surface area contributed by atoms with Gasteiger partial charge in [-0.1, -0.05) is 42.1 Å². The molecule has 1 N–H and O–H groups in total. The van der Waals surface area contributed by atoms with Crippen LogP contribution in [0.3, 0.4) is 0 Å². The zero-order valence-corrected chi connectivity index (χ0v) is 12.8. The normalized spacial score (nSPS) is 12.4. The number of aromatic nitrogens is 2. The van der Waals surface area contributed by atoms with Gasteiger partial charge in [-0.05, 0) is 12.5 Å². The van der Waals surface area contributed by atoms with E-state index in [1.807, 2.05) is 35.7 Å². The second kappa shape index (κ2) is 5.83. The molecule has 3 rings (SSSR count). The Morgan fingerprint density at radius 3 is 2.76 bits per heavy atom. The summed E-state index contributed by atoms with van der Waals surface area (Å²) in [5, 5.41) is 12.2. The highest BCUT2D eigenvalue weighted by atomic mass is 32.2. The molecule has 0 spiro atoms. The second-order valence-corrected chi connectivity index (χ2v) is 6.66. The largest absolute Gasteiger partial charge is 0.480 e. The number of carbonyl (C=O) groups is 1. The van der Waals surface area contributed by atoms with E-state index in [0.717, 1.165) is 26.4 Å². The molecule has 0 fully saturated rings. The van der Waals surface area contributed by atoms with Crippen LogP contribution in [-0.2, 0) is 4.79 Å². The molecule has 0 radical (unpaired) electrons. The molecule has 0 saturated carbocycles. The highest BCUT2D eigenvalue weighted by molar-refractivity contribution is 8.00. The zero-order chi connectivity index (χ0) is 14.8. The van der Waals surface area contributed by atoms with Crippen molar-refractivity contribution in [3.05, 3.63) is 42.0 Å². The minimum absolute atomic E-state index is 0.549. The van der Waals surface area contributed by atoms with Crippen molar-refractivity contribution in [1.29, 1.82) is 0 Å². The first-order valence-electron chi connectivity index (χ1n) is 6.34. The van der Waals surface area contributed by atoms with E-state index in [-0.39, 0.29) is 0 Å². The Balaban J connectivity index is 2.13. The van der Waals surface area contributed by atoms with Gasteiger partial charge in [0.25, 0.3) is 0 Å². The number of fused-ring (bicyclic) bond motifs is 1. The van der Waals surface area contributed by atoms with E-state index in [1.54, 1.807) is 18.3 Å². The first-order chi connectivity index (χ1) is 10.2. The molecule has 0 aliphatic carbocycles. The zero-order valence-electron chi connectivity index (χ0n) is 11.2. The van der Waals surface area contributed by atoms with Crippen molar-refractivity contribution in [3.63, 3.8) is 0 Å². The van der Waals surface area contributed by atoms with Crippen LogP contribution < -0.4 is 0 Å². The van der Waals surface area contributed by atoms with E-state index >= 15 is 0 Å². The first-order valence-corrected chi connectivity index (χ1v) is 8.10. The molecular weight excluding hydrogens is 304 g/mol. The number of benzene rings is 1. The summed E-state index contributed by atoms with van der Waals surface area (Å²) in [5.41, 5.74) is 2.14. The highest BCUT2D eigenvalue weighted by Gasteiger charge is 2.18. The van der Waals surface area contributed by atoms with Gasteiger partial charge >= 0.3 is 5.97 Å². The molecule has 21 heavy (non-hydrogen) atoms. The Labute approximate surface area is 129 Å². The van der Waals surface area contributed by atoms with Gasteiger partial charge in [0.05, 0.1) is 5.39 Å². The Morgan fingerprint density at radius 1 is 1.29 bits per heavy atom. The van der Waals surface area contributed by atoms with E-state index in [1.165, 1.54) is 18.1 Å². The van der Waals surface area contributed by atoms with Gasteiger partial charge in [-0.2, -0.15) is 0 Å². The highest BCUT2D eigenvalue weighted by Crippen LogP contribution is 2.38. The molecule has 106 valence electrons. The van der Waals surface area contributed by atoms with E-state index in [9.17, 15) is 4.79 Å². The molecule has 0 aliphatic rings. The number of hydrogen-bond acceptors (Lipinski definition) is 5. The van der Waals surface area contributed by atoms with Gasteiger partial charge in [-0.25, -0.2) is 9.97 Å². The Morgan fingerprint density at radius 2 is 2.05 bits per heavy atom. The molecule has 6 heteroatoms. The van der Waals surface area contributed by atoms with Crippen molar-refractivity contribution in [2.45, 2.75) is 17.2 Å². The van der Waals surface area contributed by atoms with Gasteiger partial charge in [0, 0.05) is 10.9 Å². The summed E-state index contributed by atoms with van der Waals surface area (Å²) >= 11 is 2.80. The molecule has 1 aromatic carbocycles. The summed E-state index contributed by atoms with van der Waals surface area (Å²) in [4.78, 5) is 20.5. The quantitative estimate of drug-likeness (QED) is 0.584. The summed E-state index contributed by atoms with van der Waals surface area (Å²) in [7, 11) is 0. The number of carboxylic acid groups (broad SMARTS) is 1. The van der Waals surface area contributed by atoms with Crippen LogP contribution in [0.2, 0.25) is 0 Å². The minimum Gasteiger partial charge on any atom is -0.480 e. The lowest BCUT2D eigenvalue weighted by atomic mass is 10.1. The summed E-state index contributed by atoms with van der Waals surface area (Å²) in [5.74, 6) is -0.844. The molecule has 0 aliphatic heterocycles. The van der Waals surface area contributed by atoms with Gasteiger partial charge in [-0.15, -0.1) is 11.3 Å². The van der Waals surface area contributed by atoms with E-state index in [0.29, 0.717) is 0 Å². The Kier molecular flexibility index (Phi) is 3.90. The maximum absolute atomic E-state index is 11.1. The second-order valence-electron chi connectivity index (χ2n) is 4.47. The Bertz CT molecular complexity index is 787.